The Morgan fingerprint density at radius 3 is 2.27 bits per heavy atom. The average molecular weight is 226 g/mol. The zero-order chi connectivity index (χ0) is 10.7. The Kier molecular flexibility index (Phi) is 3.89. The molecule has 0 unspecified atom stereocenters. The lowest BCUT2D eigenvalue weighted by atomic mass is 10.0. The minimum absolute atomic E-state index is 0.0669. The van der Waals surface area contributed by atoms with E-state index in [4.69, 9.17) is 0 Å². The summed E-state index contributed by atoms with van der Waals surface area (Å²) in [4.78, 5) is 0. The third-order valence-electron chi connectivity index (χ3n) is 5.00. The molecule has 1 heterocycles. The number of hydrogen-bond donors (Lipinski definition) is 1. The topological polar surface area (TPSA) is 20.2 Å². The van der Waals surface area contributed by atoms with Crippen molar-refractivity contribution >= 4 is 8.07 Å². The maximum absolute atomic E-state index is 10.3. The van der Waals surface area contributed by atoms with Crippen LogP contribution in [0.3, 0.4) is 0 Å². The quantitative estimate of drug-likeness (QED) is 0.723. The molecule has 0 aromatic heterocycles. The van der Waals surface area contributed by atoms with Crippen molar-refractivity contribution in [1.82, 2.24) is 0 Å². The van der Waals surface area contributed by atoms with Gasteiger partial charge in [0, 0.05) is 0 Å². The van der Waals surface area contributed by atoms with Gasteiger partial charge in [0.25, 0.3) is 0 Å². The van der Waals surface area contributed by atoms with E-state index in [1.807, 2.05) is 0 Å². The molecule has 1 aliphatic carbocycles. The van der Waals surface area contributed by atoms with E-state index in [1.165, 1.54) is 62.7 Å². The van der Waals surface area contributed by atoms with Crippen LogP contribution in [-0.2, 0) is 0 Å². The van der Waals surface area contributed by atoms with Crippen LogP contribution >= 0.6 is 0 Å². The fourth-order valence-electron chi connectivity index (χ4n) is 3.78. The summed E-state index contributed by atoms with van der Waals surface area (Å²) in [5.41, 5.74) is 0. The van der Waals surface area contributed by atoms with E-state index in [0.29, 0.717) is 5.92 Å². The molecule has 88 valence electrons. The molecule has 2 heteroatoms. The van der Waals surface area contributed by atoms with Crippen molar-refractivity contribution in [2.24, 2.45) is 5.92 Å². The van der Waals surface area contributed by atoms with Crippen LogP contribution in [0.2, 0.25) is 24.2 Å². The molecule has 1 aliphatic heterocycles. The van der Waals surface area contributed by atoms with Gasteiger partial charge in [-0.3, -0.25) is 0 Å². The van der Waals surface area contributed by atoms with Gasteiger partial charge in [-0.05, 0) is 24.8 Å². The Balaban J connectivity index is 1.88. The van der Waals surface area contributed by atoms with Crippen LogP contribution in [0.5, 0.6) is 0 Å². The molecule has 0 spiro atoms. The van der Waals surface area contributed by atoms with Gasteiger partial charge in [0.1, 0.15) is 0 Å². The van der Waals surface area contributed by atoms with Crippen molar-refractivity contribution in [3.63, 3.8) is 0 Å². The lowest BCUT2D eigenvalue weighted by Crippen LogP contribution is -2.36. The lowest BCUT2D eigenvalue weighted by Gasteiger charge is -2.30. The maximum atomic E-state index is 10.3. The third-order valence-corrected chi connectivity index (χ3v) is 10.6. The monoisotopic (exact) mass is 226 g/mol. The Morgan fingerprint density at radius 2 is 1.73 bits per heavy atom. The van der Waals surface area contributed by atoms with Crippen LogP contribution in [-0.4, -0.2) is 19.3 Å². The van der Waals surface area contributed by atoms with Crippen LogP contribution in [0.1, 0.15) is 45.4 Å². The highest BCUT2D eigenvalue weighted by Crippen LogP contribution is 2.40. The molecule has 1 saturated carbocycles. The molecule has 1 atom stereocenters. The van der Waals surface area contributed by atoms with Gasteiger partial charge in [-0.25, -0.2) is 0 Å². The van der Waals surface area contributed by atoms with E-state index in [9.17, 15) is 5.11 Å². The molecular weight excluding hydrogens is 200 g/mol. The fourth-order valence-corrected chi connectivity index (χ4v) is 8.65. The van der Waals surface area contributed by atoms with Crippen molar-refractivity contribution in [3.05, 3.63) is 0 Å². The van der Waals surface area contributed by atoms with E-state index in [0.717, 1.165) is 0 Å². The van der Waals surface area contributed by atoms with Crippen molar-refractivity contribution in [3.8, 4) is 0 Å². The van der Waals surface area contributed by atoms with Crippen LogP contribution < -0.4 is 0 Å². The minimum atomic E-state index is -0.987. The van der Waals surface area contributed by atoms with Crippen molar-refractivity contribution in [2.75, 3.05) is 0 Å². The van der Waals surface area contributed by atoms with Crippen LogP contribution in [0, 0.1) is 5.92 Å². The molecule has 2 fully saturated rings. The molecular formula is C13H26OSi. The molecule has 0 aromatic carbocycles. The predicted octanol–water partition coefficient (Wildman–Crippen LogP) is 3.80. The number of aliphatic hydroxyl groups is 1. The first-order valence-electron chi connectivity index (χ1n) is 6.94. The van der Waals surface area contributed by atoms with Gasteiger partial charge < -0.3 is 5.11 Å². The summed E-state index contributed by atoms with van der Waals surface area (Å²) in [5, 5.41) is 10.3. The first-order chi connectivity index (χ1) is 7.26. The van der Waals surface area contributed by atoms with E-state index < -0.39 is 8.07 Å². The first kappa shape index (κ1) is 11.7. The normalized spacial score (nSPS) is 28.4. The number of rotatable bonds is 4. The molecule has 15 heavy (non-hydrogen) atoms. The number of hydrogen-bond acceptors (Lipinski definition) is 1. The second kappa shape index (κ2) is 5.01. The van der Waals surface area contributed by atoms with Gasteiger partial charge in [0.15, 0.2) is 0 Å². The van der Waals surface area contributed by atoms with Gasteiger partial charge in [-0.15, -0.1) is 0 Å². The van der Waals surface area contributed by atoms with E-state index >= 15 is 0 Å². The Morgan fingerprint density at radius 1 is 1.13 bits per heavy atom. The highest BCUT2D eigenvalue weighted by molar-refractivity contribution is 6.80. The molecule has 1 N–H and O–H groups in total. The minimum Gasteiger partial charge on any atom is -0.393 e. The molecule has 1 nitrogen and oxygen atoms in total. The second-order valence-electron chi connectivity index (χ2n) is 5.88. The predicted molar refractivity (Wildman–Crippen MR) is 67.9 cm³/mol. The smallest absolute Gasteiger partial charge is 0.0558 e. The highest BCUT2D eigenvalue weighted by Gasteiger charge is 2.38. The van der Waals surface area contributed by atoms with Gasteiger partial charge in [-0.1, -0.05) is 50.7 Å². The summed E-state index contributed by atoms with van der Waals surface area (Å²) < 4.78 is 0. The Hall–Kier alpha value is 0.177. The summed E-state index contributed by atoms with van der Waals surface area (Å²) in [6.45, 7) is 2.37. The molecule has 0 bridgehead atoms. The van der Waals surface area contributed by atoms with E-state index in [1.54, 1.807) is 0 Å². The summed E-state index contributed by atoms with van der Waals surface area (Å²) in [6, 6.07) is 5.66. The van der Waals surface area contributed by atoms with Crippen molar-refractivity contribution < 1.29 is 5.11 Å². The van der Waals surface area contributed by atoms with Crippen LogP contribution in [0.15, 0.2) is 0 Å². The zero-order valence-electron chi connectivity index (χ0n) is 10.2. The SMILES string of the molecule is CC[Si]1(C[C@@H](O)C2CCCC2)CCCC1. The van der Waals surface area contributed by atoms with Crippen molar-refractivity contribution in [1.29, 1.82) is 0 Å². The van der Waals surface area contributed by atoms with Crippen LogP contribution in [0.4, 0.5) is 0 Å². The zero-order valence-corrected chi connectivity index (χ0v) is 11.2. The van der Waals surface area contributed by atoms with E-state index in [-0.39, 0.29) is 6.10 Å². The molecule has 2 rings (SSSR count). The van der Waals surface area contributed by atoms with E-state index in [2.05, 4.69) is 6.92 Å². The molecule has 0 amide bonds. The summed E-state index contributed by atoms with van der Waals surface area (Å²) in [7, 11) is -0.987. The fraction of sp³-hybridized carbons (Fsp3) is 1.00. The van der Waals surface area contributed by atoms with Gasteiger partial charge >= 0.3 is 0 Å². The molecule has 0 aromatic rings. The maximum Gasteiger partial charge on any atom is 0.0558 e. The largest absolute Gasteiger partial charge is 0.393 e. The number of aliphatic hydroxyl groups excluding tert-OH is 1. The molecule has 0 radical (unpaired) electrons. The Bertz CT molecular complexity index is 193. The second-order valence-corrected chi connectivity index (χ2v) is 11.0. The van der Waals surface area contributed by atoms with Crippen LogP contribution in [0.25, 0.3) is 0 Å². The van der Waals surface area contributed by atoms with Gasteiger partial charge in [0.2, 0.25) is 0 Å². The third kappa shape index (κ3) is 2.65. The molecule has 1 saturated heterocycles. The summed E-state index contributed by atoms with van der Waals surface area (Å²) in [5.74, 6) is 0.668. The van der Waals surface area contributed by atoms with Gasteiger partial charge in [-0.2, -0.15) is 0 Å². The summed E-state index contributed by atoms with van der Waals surface area (Å²) in [6.07, 6.45) is 8.31. The first-order valence-corrected chi connectivity index (χ1v) is 9.77. The van der Waals surface area contributed by atoms with Crippen molar-refractivity contribution in [2.45, 2.75) is 75.7 Å². The average Bonchev–Trinajstić information content (AvgIpc) is 2.88. The summed E-state index contributed by atoms with van der Waals surface area (Å²) >= 11 is 0. The lowest BCUT2D eigenvalue weighted by molar-refractivity contribution is 0.127. The standard InChI is InChI=1S/C13H26OSi/c1-2-15(9-5-6-10-15)11-13(14)12-7-3-4-8-12/h12-14H,2-11H2,1H3/t13-/m1/s1. The highest BCUT2D eigenvalue weighted by atomic mass is 28.3. The van der Waals surface area contributed by atoms with Gasteiger partial charge in [0.05, 0.1) is 14.2 Å². The Labute approximate surface area is 95.3 Å². The molecule has 2 aliphatic rings.